The molecule has 5 nitrogen and oxygen atoms in total. The minimum Gasteiger partial charge on any atom is -0.479 e. The highest BCUT2D eigenvalue weighted by Crippen LogP contribution is 2.20. The Hall–Kier alpha value is -1.47. The van der Waals surface area contributed by atoms with Crippen LogP contribution in [-0.2, 0) is 4.79 Å². The number of benzene rings is 1. The number of hydrogen-bond donors (Lipinski definition) is 3. The minimum absolute atomic E-state index is 0.0186. The van der Waals surface area contributed by atoms with Gasteiger partial charge in [-0.25, -0.2) is 9.18 Å². The maximum absolute atomic E-state index is 13.2. The summed E-state index contributed by atoms with van der Waals surface area (Å²) in [5.41, 5.74) is 0.111. The molecule has 0 aliphatic carbocycles. The highest BCUT2D eigenvalue weighted by atomic mass is 79.9. The van der Waals surface area contributed by atoms with Gasteiger partial charge in [0, 0.05) is 13.0 Å². The molecule has 0 aliphatic rings. The fourth-order valence-corrected chi connectivity index (χ4v) is 1.66. The number of amides is 1. The summed E-state index contributed by atoms with van der Waals surface area (Å²) >= 11 is 2.95. The van der Waals surface area contributed by atoms with Gasteiger partial charge in [0.1, 0.15) is 5.82 Å². The molecule has 0 saturated heterocycles. The molecule has 1 aromatic carbocycles. The van der Waals surface area contributed by atoms with Crippen LogP contribution < -0.4 is 5.32 Å². The molecule has 0 radical (unpaired) electrons. The van der Waals surface area contributed by atoms with E-state index in [0.29, 0.717) is 0 Å². The molecule has 98 valence electrons. The van der Waals surface area contributed by atoms with Gasteiger partial charge < -0.3 is 15.5 Å². The number of aliphatic hydroxyl groups is 1. The molecule has 18 heavy (non-hydrogen) atoms. The van der Waals surface area contributed by atoms with Gasteiger partial charge in [0.25, 0.3) is 5.91 Å². The highest BCUT2D eigenvalue weighted by molar-refractivity contribution is 9.10. The summed E-state index contributed by atoms with van der Waals surface area (Å²) in [6.07, 6.45) is -1.64. The molecule has 1 amide bonds. The normalized spacial score (nSPS) is 11.9. The topological polar surface area (TPSA) is 86.6 Å². The van der Waals surface area contributed by atoms with E-state index in [1.807, 2.05) is 0 Å². The smallest absolute Gasteiger partial charge is 0.332 e. The number of carbonyl (C=O) groups is 2. The van der Waals surface area contributed by atoms with E-state index in [4.69, 9.17) is 10.2 Å². The van der Waals surface area contributed by atoms with E-state index in [2.05, 4.69) is 21.2 Å². The van der Waals surface area contributed by atoms with E-state index < -0.39 is 23.8 Å². The van der Waals surface area contributed by atoms with Crippen molar-refractivity contribution in [2.45, 2.75) is 12.5 Å². The highest BCUT2D eigenvalue weighted by Gasteiger charge is 2.15. The number of carbonyl (C=O) groups excluding carboxylic acids is 1. The summed E-state index contributed by atoms with van der Waals surface area (Å²) in [6, 6.07) is 4.02. The number of nitrogens with one attached hydrogen (secondary N) is 1. The van der Waals surface area contributed by atoms with Gasteiger partial charge in [-0.3, -0.25) is 4.79 Å². The first-order chi connectivity index (χ1) is 8.43. The van der Waals surface area contributed by atoms with Crippen molar-refractivity contribution < 1.29 is 24.2 Å². The monoisotopic (exact) mass is 319 g/mol. The molecule has 0 heterocycles. The standard InChI is InChI=1S/C11H11BrFNO4/c12-9-6(2-1-3-7(9)13)10(16)14-5-4-8(15)11(17)18/h1-3,8,15H,4-5H2,(H,14,16)(H,17,18)/t8-/m0/s1. The Kier molecular flexibility index (Phi) is 5.24. The van der Waals surface area contributed by atoms with Gasteiger partial charge >= 0.3 is 5.97 Å². The number of hydrogen-bond acceptors (Lipinski definition) is 3. The Morgan fingerprint density at radius 3 is 2.72 bits per heavy atom. The number of aliphatic hydroxyl groups excluding tert-OH is 1. The van der Waals surface area contributed by atoms with Crippen LogP contribution in [0.15, 0.2) is 22.7 Å². The van der Waals surface area contributed by atoms with Gasteiger partial charge in [-0.15, -0.1) is 0 Å². The number of carboxylic acids is 1. The molecule has 0 fully saturated rings. The Labute approximate surface area is 111 Å². The van der Waals surface area contributed by atoms with Crippen LogP contribution in [0.3, 0.4) is 0 Å². The van der Waals surface area contributed by atoms with Crippen molar-refractivity contribution in [3.05, 3.63) is 34.1 Å². The first kappa shape index (κ1) is 14.6. The Morgan fingerprint density at radius 1 is 1.44 bits per heavy atom. The quantitative estimate of drug-likeness (QED) is 0.760. The van der Waals surface area contributed by atoms with Gasteiger partial charge in [-0.2, -0.15) is 0 Å². The predicted molar refractivity (Wildman–Crippen MR) is 64.7 cm³/mol. The van der Waals surface area contributed by atoms with Crippen molar-refractivity contribution in [3.8, 4) is 0 Å². The van der Waals surface area contributed by atoms with Gasteiger partial charge in [-0.05, 0) is 28.1 Å². The second-order valence-corrected chi connectivity index (χ2v) is 4.29. The molecule has 7 heteroatoms. The molecular formula is C11H11BrFNO4. The Morgan fingerprint density at radius 2 is 2.11 bits per heavy atom. The molecule has 1 atom stereocenters. The predicted octanol–water partition coefficient (Wildman–Crippen LogP) is 1.15. The third-order valence-electron chi connectivity index (χ3n) is 2.18. The molecule has 0 spiro atoms. The number of halogens is 2. The van der Waals surface area contributed by atoms with Gasteiger partial charge in [0.15, 0.2) is 6.10 Å². The average Bonchev–Trinajstić information content (AvgIpc) is 2.32. The van der Waals surface area contributed by atoms with E-state index in [0.717, 1.165) is 0 Å². The zero-order chi connectivity index (χ0) is 13.7. The maximum Gasteiger partial charge on any atom is 0.332 e. The molecular weight excluding hydrogens is 309 g/mol. The lowest BCUT2D eigenvalue weighted by Gasteiger charge is -2.08. The van der Waals surface area contributed by atoms with Crippen molar-refractivity contribution >= 4 is 27.8 Å². The summed E-state index contributed by atoms with van der Waals surface area (Å²) < 4.78 is 13.2. The van der Waals surface area contributed by atoms with Crippen LogP contribution in [0.1, 0.15) is 16.8 Å². The van der Waals surface area contributed by atoms with Crippen LogP contribution in [-0.4, -0.2) is 34.7 Å². The van der Waals surface area contributed by atoms with Crippen LogP contribution in [0, 0.1) is 5.82 Å². The lowest BCUT2D eigenvalue weighted by atomic mass is 10.2. The van der Waals surface area contributed by atoms with E-state index in [9.17, 15) is 14.0 Å². The van der Waals surface area contributed by atoms with Crippen molar-refractivity contribution in [1.29, 1.82) is 0 Å². The van der Waals surface area contributed by atoms with E-state index in [1.54, 1.807) is 0 Å². The van der Waals surface area contributed by atoms with E-state index in [1.165, 1.54) is 18.2 Å². The molecule has 0 aromatic heterocycles. The van der Waals surface area contributed by atoms with E-state index >= 15 is 0 Å². The molecule has 0 saturated carbocycles. The van der Waals surface area contributed by atoms with Crippen LogP contribution in [0.2, 0.25) is 0 Å². The lowest BCUT2D eigenvalue weighted by Crippen LogP contribution is -2.30. The fraction of sp³-hybridized carbons (Fsp3) is 0.273. The largest absolute Gasteiger partial charge is 0.479 e. The minimum atomic E-state index is -1.53. The second-order valence-electron chi connectivity index (χ2n) is 3.50. The van der Waals surface area contributed by atoms with Gasteiger partial charge in [-0.1, -0.05) is 6.07 Å². The summed E-state index contributed by atoms with van der Waals surface area (Å²) in [5.74, 6) is -2.46. The van der Waals surface area contributed by atoms with Crippen molar-refractivity contribution in [1.82, 2.24) is 5.32 Å². The second kappa shape index (κ2) is 6.46. The molecule has 1 aromatic rings. The molecule has 0 aliphatic heterocycles. The lowest BCUT2D eigenvalue weighted by molar-refractivity contribution is -0.146. The molecule has 1 rings (SSSR count). The Balaban J connectivity index is 2.56. The Bertz CT molecular complexity index is 466. The zero-order valence-electron chi connectivity index (χ0n) is 9.19. The van der Waals surface area contributed by atoms with Crippen molar-refractivity contribution in [3.63, 3.8) is 0 Å². The van der Waals surface area contributed by atoms with Crippen LogP contribution in [0.25, 0.3) is 0 Å². The molecule has 0 unspecified atom stereocenters. The summed E-state index contributed by atoms with van der Waals surface area (Å²) in [6.45, 7) is -0.0186. The first-order valence-electron chi connectivity index (χ1n) is 5.06. The number of aliphatic carboxylic acids is 1. The van der Waals surface area contributed by atoms with Gasteiger partial charge in [0.05, 0.1) is 10.0 Å². The van der Waals surface area contributed by atoms with Gasteiger partial charge in [0.2, 0.25) is 0 Å². The van der Waals surface area contributed by atoms with Crippen LogP contribution in [0.5, 0.6) is 0 Å². The number of carboxylic acid groups (broad SMARTS) is 1. The number of rotatable bonds is 5. The average molecular weight is 320 g/mol. The summed E-state index contributed by atoms with van der Waals surface area (Å²) in [5, 5.41) is 19.8. The van der Waals surface area contributed by atoms with Crippen molar-refractivity contribution in [2.24, 2.45) is 0 Å². The van der Waals surface area contributed by atoms with Crippen LogP contribution >= 0.6 is 15.9 Å². The fourth-order valence-electron chi connectivity index (χ4n) is 1.22. The SMILES string of the molecule is O=C(NCC[C@H](O)C(=O)O)c1cccc(F)c1Br. The zero-order valence-corrected chi connectivity index (χ0v) is 10.8. The van der Waals surface area contributed by atoms with Crippen molar-refractivity contribution in [2.75, 3.05) is 6.54 Å². The van der Waals surface area contributed by atoms with E-state index in [-0.39, 0.29) is 23.0 Å². The molecule has 3 N–H and O–H groups in total. The third-order valence-corrected chi connectivity index (χ3v) is 2.99. The van der Waals surface area contributed by atoms with Crippen LogP contribution in [0.4, 0.5) is 4.39 Å². The molecule has 0 bridgehead atoms. The summed E-state index contributed by atoms with van der Waals surface area (Å²) in [7, 11) is 0. The maximum atomic E-state index is 13.2. The first-order valence-corrected chi connectivity index (χ1v) is 5.86. The third kappa shape index (κ3) is 3.78. The summed E-state index contributed by atoms with van der Waals surface area (Å²) in [4.78, 5) is 22.0.